The Morgan fingerprint density at radius 1 is 1.25 bits per heavy atom. The lowest BCUT2D eigenvalue weighted by Crippen LogP contribution is -2.41. The molecule has 1 aliphatic heterocycles. The van der Waals surface area contributed by atoms with Crippen LogP contribution in [0.4, 0.5) is 0 Å². The predicted octanol–water partition coefficient (Wildman–Crippen LogP) is 3.99. The first-order chi connectivity index (χ1) is 11.1. The highest BCUT2D eigenvalue weighted by Crippen LogP contribution is 2.39. The number of rotatable bonds is 5. The quantitative estimate of drug-likeness (QED) is 0.753. The highest BCUT2D eigenvalue weighted by Gasteiger charge is 2.52. The van der Waals surface area contributed by atoms with Crippen LogP contribution in [0.1, 0.15) is 40.2 Å². The number of carbonyl (C=O) groups is 1. The Morgan fingerprint density at radius 3 is 2.42 bits per heavy atom. The minimum atomic E-state index is -0.465. The van der Waals surface area contributed by atoms with Crippen molar-refractivity contribution in [3.63, 3.8) is 0 Å². The zero-order valence-corrected chi connectivity index (χ0v) is 16.0. The van der Waals surface area contributed by atoms with Crippen molar-refractivity contribution in [2.24, 2.45) is 0 Å². The van der Waals surface area contributed by atoms with Crippen LogP contribution in [-0.2, 0) is 14.1 Å². The van der Waals surface area contributed by atoms with E-state index in [9.17, 15) is 4.79 Å². The lowest BCUT2D eigenvalue weighted by molar-refractivity contribution is -0.109. The maximum absolute atomic E-state index is 11.4. The van der Waals surface area contributed by atoms with Crippen LogP contribution in [0, 0.1) is 0 Å². The van der Waals surface area contributed by atoms with Crippen LogP contribution < -0.4 is 4.74 Å². The van der Waals surface area contributed by atoms with Crippen molar-refractivity contribution < 1.29 is 18.8 Å². The third-order valence-electron chi connectivity index (χ3n) is 4.44. The first kappa shape index (κ1) is 19.1. The summed E-state index contributed by atoms with van der Waals surface area (Å²) in [6.45, 7) is 9.66. The average molecular weight is 348 g/mol. The molecule has 1 aromatic carbocycles. The van der Waals surface area contributed by atoms with Crippen molar-refractivity contribution in [3.05, 3.63) is 35.3 Å². The van der Waals surface area contributed by atoms with Gasteiger partial charge < -0.3 is 14.0 Å². The number of methoxy groups -OCH3 is 1. The molecule has 4 nitrogen and oxygen atoms in total. The molecule has 0 atom stereocenters. The van der Waals surface area contributed by atoms with Gasteiger partial charge in [-0.1, -0.05) is 30.0 Å². The van der Waals surface area contributed by atoms with Gasteiger partial charge in [-0.15, -0.1) is 0 Å². The van der Waals surface area contributed by atoms with Gasteiger partial charge in [-0.05, 0) is 50.9 Å². The Labute approximate surface area is 149 Å². The van der Waals surface area contributed by atoms with Crippen molar-refractivity contribution in [1.82, 2.24) is 0 Å². The minimum absolute atomic E-state index is 0.0723. The van der Waals surface area contributed by atoms with Crippen LogP contribution in [0.2, 0.25) is 0 Å². The summed E-state index contributed by atoms with van der Waals surface area (Å²) in [5.41, 5.74) is 1.10. The molecule has 0 bridgehead atoms. The third kappa shape index (κ3) is 4.44. The molecular weight excluding hydrogens is 323 g/mol. The first-order valence-electron chi connectivity index (χ1n) is 7.98. The number of carbonyl (C=O) groups excluding carboxylic acids is 1. The molecule has 0 aromatic heterocycles. The van der Waals surface area contributed by atoms with Crippen molar-refractivity contribution in [2.75, 3.05) is 12.9 Å². The second-order valence-electron chi connectivity index (χ2n) is 6.86. The lowest BCUT2D eigenvalue weighted by atomic mass is 9.78. The Balaban J connectivity index is 2.31. The highest BCUT2D eigenvalue weighted by atomic mass is 32.2. The highest BCUT2D eigenvalue weighted by molar-refractivity contribution is 8.13. The fraction of sp³-hybridized carbons (Fsp3) is 0.500. The molecule has 6 heteroatoms. The maximum Gasteiger partial charge on any atom is 0.491 e. The van der Waals surface area contributed by atoms with Crippen LogP contribution in [0.25, 0.3) is 6.08 Å². The molecule has 0 spiro atoms. The Kier molecular flexibility index (Phi) is 5.84. The zero-order valence-electron chi connectivity index (χ0n) is 15.2. The molecule has 0 aliphatic carbocycles. The molecule has 130 valence electrons. The summed E-state index contributed by atoms with van der Waals surface area (Å²) >= 11 is 1.26. The van der Waals surface area contributed by atoms with E-state index in [1.807, 2.05) is 58.0 Å². The van der Waals surface area contributed by atoms with E-state index in [4.69, 9.17) is 14.0 Å². The number of benzene rings is 1. The summed E-state index contributed by atoms with van der Waals surface area (Å²) < 4.78 is 17.6. The number of ether oxygens (including phenoxy) is 1. The summed E-state index contributed by atoms with van der Waals surface area (Å²) in [5, 5.41) is 0.0723. The number of hydrogen-bond donors (Lipinski definition) is 0. The van der Waals surface area contributed by atoms with Crippen LogP contribution in [-0.4, -0.2) is 36.3 Å². The van der Waals surface area contributed by atoms with E-state index in [0.29, 0.717) is 5.75 Å². The summed E-state index contributed by atoms with van der Waals surface area (Å²) in [5.74, 6) is 1.32. The fourth-order valence-electron chi connectivity index (χ4n) is 2.30. The molecule has 1 heterocycles. The molecule has 0 saturated carbocycles. The molecule has 1 aliphatic rings. The van der Waals surface area contributed by atoms with Crippen LogP contribution in [0.5, 0.6) is 5.75 Å². The normalized spacial score (nSPS) is 19.4. The van der Waals surface area contributed by atoms with E-state index in [2.05, 4.69) is 0 Å². The molecule has 0 N–H and O–H groups in total. The van der Waals surface area contributed by atoms with Crippen LogP contribution in [0.3, 0.4) is 0 Å². The summed E-state index contributed by atoms with van der Waals surface area (Å²) in [4.78, 5) is 11.4. The van der Waals surface area contributed by atoms with Gasteiger partial charge in [0.05, 0.1) is 18.3 Å². The monoisotopic (exact) mass is 348 g/mol. The molecule has 0 amide bonds. The SMILES string of the molecule is COc1cccc(C=C(CSC(C)=O)B2OC(C)(C)C(C)(C)O2)c1. The van der Waals surface area contributed by atoms with Gasteiger partial charge in [-0.3, -0.25) is 4.79 Å². The van der Waals surface area contributed by atoms with Crippen LogP contribution in [0.15, 0.2) is 29.7 Å². The predicted molar refractivity (Wildman–Crippen MR) is 100 cm³/mol. The van der Waals surface area contributed by atoms with Gasteiger partial charge in [-0.25, -0.2) is 0 Å². The number of hydrogen-bond acceptors (Lipinski definition) is 5. The number of thioether (sulfide) groups is 1. The van der Waals surface area contributed by atoms with E-state index in [0.717, 1.165) is 16.8 Å². The van der Waals surface area contributed by atoms with Gasteiger partial charge >= 0.3 is 7.12 Å². The third-order valence-corrected chi connectivity index (χ3v) is 5.33. The molecule has 1 aromatic rings. The summed E-state index contributed by atoms with van der Waals surface area (Å²) in [7, 11) is 1.18. The summed E-state index contributed by atoms with van der Waals surface area (Å²) in [6, 6.07) is 7.77. The van der Waals surface area contributed by atoms with Crippen molar-refractivity contribution >= 4 is 30.1 Å². The molecule has 1 fully saturated rings. The van der Waals surface area contributed by atoms with Crippen molar-refractivity contribution in [3.8, 4) is 5.75 Å². The lowest BCUT2D eigenvalue weighted by Gasteiger charge is -2.32. The smallest absolute Gasteiger partial charge is 0.491 e. The molecule has 0 radical (unpaired) electrons. The first-order valence-corrected chi connectivity index (χ1v) is 8.97. The van der Waals surface area contributed by atoms with E-state index >= 15 is 0 Å². The Hall–Kier alpha value is -1.24. The Morgan fingerprint density at radius 2 is 1.88 bits per heavy atom. The van der Waals surface area contributed by atoms with E-state index in [1.165, 1.54) is 11.8 Å². The molecular formula is C18H25BO4S. The van der Waals surface area contributed by atoms with Gasteiger partial charge in [0.25, 0.3) is 0 Å². The topological polar surface area (TPSA) is 44.8 Å². The van der Waals surface area contributed by atoms with Gasteiger partial charge in [0.15, 0.2) is 5.12 Å². The standard InChI is InChI=1S/C18H25BO4S/c1-13(20)24-12-15(10-14-8-7-9-16(11-14)21-6)19-22-17(2,3)18(4,5)23-19/h7-11H,12H2,1-6H3. The van der Waals surface area contributed by atoms with Gasteiger partial charge in [0.2, 0.25) is 0 Å². The second kappa shape index (κ2) is 7.34. The van der Waals surface area contributed by atoms with E-state index in [-0.39, 0.29) is 5.12 Å². The van der Waals surface area contributed by atoms with E-state index in [1.54, 1.807) is 14.0 Å². The van der Waals surface area contributed by atoms with Gasteiger partial charge in [-0.2, -0.15) is 0 Å². The van der Waals surface area contributed by atoms with Crippen molar-refractivity contribution in [1.29, 1.82) is 0 Å². The molecule has 0 unspecified atom stereocenters. The Bertz CT molecular complexity index is 624. The zero-order chi connectivity index (χ0) is 18.0. The molecule has 24 heavy (non-hydrogen) atoms. The summed E-state index contributed by atoms with van der Waals surface area (Å²) in [6.07, 6.45) is 2.01. The van der Waals surface area contributed by atoms with E-state index < -0.39 is 18.3 Å². The van der Waals surface area contributed by atoms with Gasteiger partial charge in [0, 0.05) is 12.7 Å². The molecule has 1 saturated heterocycles. The average Bonchev–Trinajstić information content (AvgIpc) is 2.71. The second-order valence-corrected chi connectivity index (χ2v) is 8.02. The van der Waals surface area contributed by atoms with Gasteiger partial charge in [0.1, 0.15) is 5.75 Å². The molecule has 2 rings (SSSR count). The fourth-order valence-corrected chi connectivity index (χ4v) is 2.89. The minimum Gasteiger partial charge on any atom is -0.497 e. The van der Waals surface area contributed by atoms with Crippen LogP contribution >= 0.6 is 11.8 Å². The van der Waals surface area contributed by atoms with Crippen molar-refractivity contribution in [2.45, 2.75) is 45.8 Å². The maximum atomic E-state index is 11.4. The largest absolute Gasteiger partial charge is 0.497 e.